The monoisotopic (exact) mass is 1020 g/mol. The van der Waals surface area contributed by atoms with Crippen LogP contribution in [0.2, 0.25) is 0 Å². The van der Waals surface area contributed by atoms with E-state index in [1.165, 1.54) is 16.7 Å². The molecule has 75 heavy (non-hydrogen) atoms. The molecule has 11 rings (SSSR count). The smallest absolute Gasteiger partial charge is 0.220 e. The molecule has 1 aromatic heterocycles. The molecular formula is C60H69N6O9+. The largest absolute Gasteiger partial charge is 0.487 e. The molecule has 0 spiro atoms. The molecule has 2 amide bonds. The summed E-state index contributed by atoms with van der Waals surface area (Å²) in [4.78, 5) is 29.6. The van der Waals surface area contributed by atoms with Gasteiger partial charge in [-0.1, -0.05) is 42.8 Å². The zero-order valence-corrected chi connectivity index (χ0v) is 42.8. The Morgan fingerprint density at radius 3 is 2.20 bits per heavy atom. The van der Waals surface area contributed by atoms with Crippen molar-refractivity contribution in [2.75, 3.05) is 94.1 Å². The third-order valence-electron chi connectivity index (χ3n) is 14.8. The van der Waals surface area contributed by atoms with Gasteiger partial charge >= 0.3 is 0 Å². The predicted octanol–water partition coefficient (Wildman–Crippen LogP) is 8.71. The highest BCUT2D eigenvalue weighted by molar-refractivity contribution is 5.99. The van der Waals surface area contributed by atoms with Crippen LogP contribution in [0, 0.1) is 0 Å². The number of pyridine rings is 1. The summed E-state index contributed by atoms with van der Waals surface area (Å²) in [6.45, 7) is 7.40. The molecule has 15 heteroatoms. The second-order valence-corrected chi connectivity index (χ2v) is 19.8. The SMILES string of the molecule is O=C(CCCCCN1C=CC2=C3COc4ccccc4NCCC3Oc3cccc1c32)NCCOCCOCCOCCNC(=O)CCCCC[n+]1ccc2c3c(cccc31)OC1CCN3C(=C21)Oc1ccccc13. The first-order valence-electron chi connectivity index (χ1n) is 27.2. The molecule has 392 valence electrons. The molecule has 7 heterocycles. The molecule has 6 aliphatic rings. The summed E-state index contributed by atoms with van der Waals surface area (Å²) in [5.74, 6) is 4.58. The van der Waals surface area contributed by atoms with Gasteiger partial charge in [-0.25, -0.2) is 0 Å². The quantitative estimate of drug-likeness (QED) is 0.0402. The topological polar surface area (TPSA) is 145 Å². The van der Waals surface area contributed by atoms with Crippen molar-refractivity contribution in [1.82, 2.24) is 10.6 Å². The Bertz CT molecular complexity index is 2960. The number of hydrogen-bond acceptors (Lipinski definition) is 12. The molecule has 0 bridgehead atoms. The van der Waals surface area contributed by atoms with E-state index in [1.54, 1.807) is 0 Å². The first-order valence-corrected chi connectivity index (χ1v) is 27.2. The number of rotatable bonds is 24. The van der Waals surface area contributed by atoms with Gasteiger partial charge in [-0.05, 0) is 79.8 Å². The number of nitrogens with zero attached hydrogens (tertiary/aromatic N) is 3. The van der Waals surface area contributed by atoms with E-state index in [4.69, 9.17) is 33.2 Å². The fourth-order valence-electron chi connectivity index (χ4n) is 11.1. The number of unbranched alkanes of at least 4 members (excludes halogenated alkanes) is 4. The lowest BCUT2D eigenvalue weighted by molar-refractivity contribution is -0.671. The lowest BCUT2D eigenvalue weighted by atomic mass is 9.88. The van der Waals surface area contributed by atoms with Crippen LogP contribution in [0.5, 0.6) is 23.0 Å². The lowest BCUT2D eigenvalue weighted by Crippen LogP contribution is -2.39. The zero-order chi connectivity index (χ0) is 50.8. The maximum atomic E-state index is 12.5. The van der Waals surface area contributed by atoms with Gasteiger partial charge in [-0.2, -0.15) is 4.57 Å². The second-order valence-electron chi connectivity index (χ2n) is 19.8. The van der Waals surface area contributed by atoms with Crippen LogP contribution in [-0.2, 0) is 30.3 Å². The fourth-order valence-corrected chi connectivity index (χ4v) is 11.1. The van der Waals surface area contributed by atoms with Gasteiger partial charge < -0.3 is 58.9 Å². The maximum Gasteiger partial charge on any atom is 0.220 e. The van der Waals surface area contributed by atoms with Gasteiger partial charge in [-0.15, -0.1) is 0 Å². The lowest BCUT2D eigenvalue weighted by Gasteiger charge is -2.36. The minimum Gasteiger partial charge on any atom is -0.487 e. The van der Waals surface area contributed by atoms with Crippen molar-refractivity contribution in [2.45, 2.75) is 83.0 Å². The summed E-state index contributed by atoms with van der Waals surface area (Å²) in [6.07, 6.45) is 14.7. The van der Waals surface area contributed by atoms with Crippen LogP contribution in [-0.4, -0.2) is 103 Å². The predicted molar refractivity (Wildman–Crippen MR) is 289 cm³/mol. The minimum absolute atomic E-state index is 0.0380. The van der Waals surface area contributed by atoms with E-state index in [0.29, 0.717) is 72.2 Å². The molecule has 0 aliphatic carbocycles. The third kappa shape index (κ3) is 11.5. The number of amides is 2. The summed E-state index contributed by atoms with van der Waals surface area (Å²) in [5, 5.41) is 10.6. The maximum absolute atomic E-state index is 12.5. The number of aromatic nitrogens is 1. The molecule has 15 nitrogen and oxygen atoms in total. The molecule has 0 saturated carbocycles. The fraction of sp³-hybridized carbons (Fsp3) is 0.417. The molecule has 4 aromatic carbocycles. The normalized spacial score (nSPS) is 17.5. The van der Waals surface area contributed by atoms with E-state index in [9.17, 15) is 9.59 Å². The number of carbonyl (C=O) groups excluding carboxylic acids is 2. The Morgan fingerprint density at radius 2 is 1.37 bits per heavy atom. The number of allylic oxidation sites excluding steroid dienone is 2. The molecular weight excluding hydrogens is 949 g/mol. The van der Waals surface area contributed by atoms with Crippen molar-refractivity contribution in [3.8, 4) is 23.0 Å². The standard InChI is InChI=1S/C60H68N6O9/c67-55(21-3-1-9-30-64-32-24-42-44-41-72-50-17-7-5-13-45(50)61-27-23-49(44)73-52-19-11-15-47(64)57(42)52)62-28-35-69-37-39-71-40-38-70-36-29-63-56(68)22-4-2-10-31-65-33-25-43-58-48(65)16-12-20-53(58)74-54-26-34-66-46-14-6-8-18-51(46)75-60(66)59(43)54/h5-8,11-20,24-25,32-33,49,54,61H,1-4,9-10,21-23,26-31,34-41H2,(H-,62,63,67,68)/p+1. The molecule has 0 radical (unpaired) electrons. The Kier molecular flexibility index (Phi) is 16.1. The number of aryl methyl sites for hydroxylation is 1. The van der Waals surface area contributed by atoms with Crippen LogP contribution in [0.1, 0.15) is 75.3 Å². The highest BCUT2D eigenvalue weighted by Crippen LogP contribution is 2.50. The molecule has 6 aliphatic heterocycles. The van der Waals surface area contributed by atoms with Gasteiger partial charge in [0, 0.05) is 99.9 Å². The van der Waals surface area contributed by atoms with Crippen LogP contribution in [0.25, 0.3) is 22.0 Å². The van der Waals surface area contributed by atoms with Crippen molar-refractivity contribution in [3.05, 3.63) is 132 Å². The average Bonchev–Trinajstić information content (AvgIpc) is 3.89. The molecule has 2 atom stereocenters. The highest BCUT2D eigenvalue weighted by atomic mass is 16.5. The number of benzene rings is 4. The van der Waals surface area contributed by atoms with Crippen LogP contribution < -0.4 is 49.3 Å². The van der Waals surface area contributed by atoms with Crippen LogP contribution >= 0.6 is 0 Å². The number of anilines is 3. The Morgan fingerprint density at radius 1 is 0.680 bits per heavy atom. The number of nitrogens with one attached hydrogen (secondary N) is 3. The Hall–Kier alpha value is -7.07. The first-order chi connectivity index (χ1) is 37.1. The van der Waals surface area contributed by atoms with Crippen molar-refractivity contribution in [2.24, 2.45) is 0 Å². The summed E-state index contributed by atoms with van der Waals surface area (Å²) < 4.78 is 45.2. The van der Waals surface area contributed by atoms with Gasteiger partial charge in [0.05, 0.1) is 67.7 Å². The second kappa shape index (κ2) is 24.1. The van der Waals surface area contributed by atoms with Gasteiger partial charge in [0.1, 0.15) is 42.6 Å². The van der Waals surface area contributed by atoms with E-state index in [0.717, 1.165) is 146 Å². The van der Waals surface area contributed by atoms with E-state index in [-0.39, 0.29) is 24.0 Å². The number of ether oxygens (including phenoxy) is 7. The van der Waals surface area contributed by atoms with Crippen LogP contribution in [0.3, 0.4) is 0 Å². The van der Waals surface area contributed by atoms with Gasteiger partial charge in [0.2, 0.25) is 23.2 Å². The van der Waals surface area contributed by atoms with Gasteiger partial charge in [-0.3, -0.25) is 9.59 Å². The van der Waals surface area contributed by atoms with Crippen molar-refractivity contribution < 1.29 is 47.3 Å². The first kappa shape index (κ1) is 50.1. The van der Waals surface area contributed by atoms with E-state index >= 15 is 0 Å². The van der Waals surface area contributed by atoms with Crippen LogP contribution in [0.4, 0.5) is 17.1 Å². The summed E-state index contributed by atoms with van der Waals surface area (Å²) >= 11 is 0. The molecule has 0 fully saturated rings. The molecule has 5 aromatic rings. The van der Waals surface area contributed by atoms with Crippen molar-refractivity contribution in [1.29, 1.82) is 0 Å². The highest BCUT2D eigenvalue weighted by Gasteiger charge is 2.42. The van der Waals surface area contributed by atoms with E-state index in [2.05, 4.69) is 109 Å². The average molecular weight is 1020 g/mol. The van der Waals surface area contributed by atoms with Crippen molar-refractivity contribution in [3.63, 3.8) is 0 Å². The summed E-state index contributed by atoms with van der Waals surface area (Å²) in [6, 6.07) is 31.2. The third-order valence-corrected chi connectivity index (χ3v) is 14.8. The van der Waals surface area contributed by atoms with E-state index in [1.807, 2.05) is 30.3 Å². The molecule has 0 saturated heterocycles. The van der Waals surface area contributed by atoms with Crippen molar-refractivity contribution >= 4 is 50.9 Å². The zero-order valence-electron chi connectivity index (χ0n) is 42.8. The number of para-hydroxylation sites is 4. The summed E-state index contributed by atoms with van der Waals surface area (Å²) in [5.41, 5.74) is 10.2. The number of fused-ring (bicyclic) bond motifs is 7. The van der Waals surface area contributed by atoms with Crippen LogP contribution in [0.15, 0.2) is 121 Å². The Labute approximate surface area is 439 Å². The molecule has 3 N–H and O–H groups in total. The summed E-state index contributed by atoms with van der Waals surface area (Å²) in [7, 11) is 0. The van der Waals surface area contributed by atoms with Gasteiger partial charge in [0.25, 0.3) is 0 Å². The molecule has 2 unspecified atom stereocenters. The van der Waals surface area contributed by atoms with E-state index < -0.39 is 0 Å². The Balaban J connectivity index is 0.497. The number of carbonyl (C=O) groups is 2. The van der Waals surface area contributed by atoms with Gasteiger partial charge in [0.15, 0.2) is 11.9 Å². The number of hydrogen-bond donors (Lipinski definition) is 3. The minimum atomic E-state index is -0.0506.